The highest BCUT2D eigenvalue weighted by molar-refractivity contribution is 14.1. The summed E-state index contributed by atoms with van der Waals surface area (Å²) in [6.07, 6.45) is 5.42. The molecule has 148 heavy (non-hydrogen) atoms. The molecule has 34 nitrogen and oxygen atoms in total. The van der Waals surface area contributed by atoms with E-state index in [1.165, 1.54) is 163 Å². The Bertz CT molecular complexity index is 5730. The Morgan fingerprint density at radius 1 is 0.270 bits per heavy atom. The molecule has 0 saturated carbocycles. The molecule has 0 bridgehead atoms. The molecule has 0 saturated heterocycles. The second-order valence-electron chi connectivity index (χ2n) is 28.6. The molecule has 42 heteroatoms. The van der Waals surface area contributed by atoms with Gasteiger partial charge in [0.2, 0.25) is 0 Å². The topological polar surface area (TPSA) is 420 Å². The molecule has 0 N–H and O–H groups in total. The molecule has 0 fully saturated rings. The SMILES string of the molecule is CO/C=C(/C(=O)OC)c1ccccc1CBr.CO/C=C(/C(=O)OC)c1ccccc1CCl.CO/C=C(/C(=O)OC)c1ccccc1CI.CO/C=C(/C(=O)OC)c1ccccc1COS(=O)(=O)c1ccc(C)cc1.CO/N=C(/C(=O)OC)c1ccccc1CBr.CO/N=C(/C(=O)OC)c1ccccc1CCl.CO/N=C(/C(=O)OC)c1ccccc1CI.CO/N=C(/C(=O)OC)c1ccccc1COS(=O)(=O)c1ccc(C)cc1. The number of carbonyl (C=O) groups is 8. The van der Waals surface area contributed by atoms with Crippen molar-refractivity contribution in [1.82, 2.24) is 0 Å². The number of benzene rings is 10. The molecular formula is C106H114Br2Cl2I2N4O30S2. The number of esters is 8. The van der Waals surface area contributed by atoms with Crippen LogP contribution in [-0.4, -0.2) is 201 Å². The molecule has 0 heterocycles. The highest BCUT2D eigenvalue weighted by Gasteiger charge is 2.27. The number of aryl methyl sites for hydroxylation is 2. The molecule has 0 aliphatic heterocycles. The number of halogens is 6. The maximum absolute atomic E-state index is 12.4. The number of nitrogens with zero attached hydrogens (tertiary/aromatic N) is 4. The van der Waals surface area contributed by atoms with Crippen LogP contribution >= 0.6 is 100 Å². The van der Waals surface area contributed by atoms with Gasteiger partial charge in [-0.1, -0.05) is 327 Å². The molecule has 0 aliphatic carbocycles. The Kier molecular flexibility index (Phi) is 62.9. The Morgan fingerprint density at radius 3 is 0.709 bits per heavy atom. The number of hydrogen-bond acceptors (Lipinski definition) is 34. The van der Waals surface area contributed by atoms with Gasteiger partial charge in [0.15, 0.2) is 22.8 Å². The van der Waals surface area contributed by atoms with Crippen LogP contribution < -0.4 is 0 Å². The molecular weight excluding hydrogens is 2360 g/mol. The Labute approximate surface area is 915 Å². The molecule has 0 unspecified atom stereocenters. The van der Waals surface area contributed by atoms with Gasteiger partial charge in [-0.2, -0.15) is 16.8 Å². The number of carbonyl (C=O) groups excluding carboxylic acids is 8. The minimum Gasteiger partial charge on any atom is -0.503 e. The first-order valence-corrected chi connectivity index (χ1v) is 52.4. The van der Waals surface area contributed by atoms with E-state index >= 15 is 0 Å². The van der Waals surface area contributed by atoms with Crippen molar-refractivity contribution < 1.29 is 140 Å². The van der Waals surface area contributed by atoms with Gasteiger partial charge in [-0.15, -0.1) is 23.2 Å². The normalized spacial score (nSPS) is 11.4. The largest absolute Gasteiger partial charge is 0.503 e. The molecule has 0 amide bonds. The summed E-state index contributed by atoms with van der Waals surface area (Å²) in [7, 11) is 13.9. The van der Waals surface area contributed by atoms with Gasteiger partial charge in [-0.3, -0.25) is 8.37 Å². The zero-order valence-corrected chi connectivity index (χ0v) is 94.8. The smallest absolute Gasteiger partial charge is 0.360 e. The fraction of sp³-hybridized carbons (Fsp3) is 0.245. The van der Waals surface area contributed by atoms with Gasteiger partial charge in [0.05, 0.1) is 133 Å². The molecule has 0 aliphatic rings. The van der Waals surface area contributed by atoms with Gasteiger partial charge in [-0.05, 0) is 105 Å². The number of hydrogen-bond donors (Lipinski definition) is 0. The van der Waals surface area contributed by atoms with Crippen molar-refractivity contribution in [2.24, 2.45) is 20.6 Å². The summed E-state index contributed by atoms with van der Waals surface area (Å²) in [5, 5.41) is 16.0. The number of oxime groups is 4. The third-order valence-electron chi connectivity index (χ3n) is 19.4. The van der Waals surface area contributed by atoms with E-state index in [0.717, 1.165) is 75.6 Å². The van der Waals surface area contributed by atoms with Crippen molar-refractivity contribution >= 4 is 213 Å². The van der Waals surface area contributed by atoms with Gasteiger partial charge in [-0.25, -0.2) is 38.4 Å². The summed E-state index contributed by atoms with van der Waals surface area (Å²) in [5.41, 5.74) is 15.6. The van der Waals surface area contributed by atoms with Gasteiger partial charge < -0.3 is 76.2 Å². The number of ether oxygens (including phenoxy) is 12. The number of alkyl halides is 6. The molecule has 0 spiro atoms. The van der Waals surface area contributed by atoms with Crippen LogP contribution in [0.4, 0.5) is 0 Å². The van der Waals surface area contributed by atoms with E-state index in [-0.39, 0.29) is 63.3 Å². The van der Waals surface area contributed by atoms with Gasteiger partial charge >= 0.3 is 47.8 Å². The molecule has 0 radical (unpaired) electrons. The van der Waals surface area contributed by atoms with Crippen LogP contribution in [0.1, 0.15) is 100 Å². The fourth-order valence-corrected chi connectivity index (χ4v) is 16.8. The minimum atomic E-state index is -3.94. The average molecular weight is 2470 g/mol. The second kappa shape index (κ2) is 72.2. The molecule has 10 rings (SSSR count). The zero-order valence-electron chi connectivity index (χ0n) is 84.2. The zero-order chi connectivity index (χ0) is 110. The van der Waals surface area contributed by atoms with Crippen LogP contribution in [0.5, 0.6) is 0 Å². The maximum Gasteiger partial charge on any atom is 0.360 e. The quantitative estimate of drug-likeness (QED) is 0.00399. The summed E-state index contributed by atoms with van der Waals surface area (Å²) >= 11 is 22.8. The van der Waals surface area contributed by atoms with E-state index in [1.807, 2.05) is 135 Å². The van der Waals surface area contributed by atoms with Crippen molar-refractivity contribution in [2.45, 2.75) is 68.1 Å². The van der Waals surface area contributed by atoms with Crippen LogP contribution in [0.2, 0.25) is 0 Å². The Hall–Kier alpha value is -13.2. The van der Waals surface area contributed by atoms with Gasteiger partial charge in [0.25, 0.3) is 20.2 Å². The molecule has 0 atom stereocenters. The predicted molar refractivity (Wildman–Crippen MR) is 588 cm³/mol. The van der Waals surface area contributed by atoms with Crippen LogP contribution in [0, 0.1) is 13.8 Å². The summed E-state index contributed by atoms with van der Waals surface area (Å²) in [5.74, 6) is -3.51. The van der Waals surface area contributed by atoms with Crippen molar-refractivity contribution in [2.75, 3.05) is 114 Å². The lowest BCUT2D eigenvalue weighted by Crippen LogP contribution is -2.20. The number of methoxy groups -OCH3 is 12. The van der Waals surface area contributed by atoms with Crippen molar-refractivity contribution in [3.8, 4) is 0 Å². The molecule has 792 valence electrons. The second-order valence-corrected chi connectivity index (χ2v) is 35.0. The Morgan fingerprint density at radius 2 is 0.459 bits per heavy atom. The van der Waals surface area contributed by atoms with Crippen molar-refractivity contribution in [3.63, 3.8) is 0 Å². The molecule has 10 aromatic rings. The highest BCUT2D eigenvalue weighted by atomic mass is 127. The Balaban J connectivity index is 0.000000439. The first-order chi connectivity index (χ1) is 71.2. The lowest BCUT2D eigenvalue weighted by atomic mass is 10.0. The fourth-order valence-electron chi connectivity index (χ4n) is 12.3. The summed E-state index contributed by atoms with van der Waals surface area (Å²) in [6, 6.07) is 70.9. The molecule has 0 aromatic heterocycles. The van der Waals surface area contributed by atoms with Crippen LogP contribution in [0.3, 0.4) is 0 Å². The lowest BCUT2D eigenvalue weighted by molar-refractivity contribution is -0.134. The van der Waals surface area contributed by atoms with Crippen LogP contribution in [0.15, 0.2) is 298 Å². The first-order valence-electron chi connectivity index (χ1n) is 43.2. The monoisotopic (exact) mass is 2470 g/mol. The predicted octanol–water partition coefficient (Wildman–Crippen LogP) is 19.8. The standard InChI is InChI=1S/C19H20O6S.C18H19NO6S.C12H13BrO3.C12H13ClO3.C12H13IO3.C11H12BrNO3.C11H12ClNO3.C11H12INO3/c1-14-8-10-16(11-9-14)26(21,22)25-12-15-6-4-5-7-17(15)18(13-23-2)19(20)24-3;1-13-8-10-15(11-9-13)26(21,22)25-12-14-6-4-5-7-16(14)17(19-24-3)18(20)23-2;3*1-15-8-11(12(14)16-2)10-6-4-3-5-9(10)7-13;3*1-15-11(14)10(13-16-2)9-6-4-3-5-8(9)7-12/h4-11,13H,12H2,1-3H3;4-11H,12H2,1-3H3;3*3-6,8H,7H2,1-2H3;3*3-6H,7H2,1-2H3/b18-13+;19-17+;3*11-8+;3*13-10+. The summed E-state index contributed by atoms with van der Waals surface area (Å²) < 4.78 is 119. The van der Waals surface area contributed by atoms with E-state index in [9.17, 15) is 55.2 Å². The third-order valence-corrected chi connectivity index (χ3v) is 25.3. The van der Waals surface area contributed by atoms with E-state index in [0.29, 0.717) is 66.6 Å². The minimum absolute atomic E-state index is 0.0549. The van der Waals surface area contributed by atoms with Gasteiger partial charge in [0.1, 0.15) is 50.7 Å². The van der Waals surface area contributed by atoms with E-state index in [2.05, 4.69) is 131 Å². The number of rotatable bonds is 38. The highest BCUT2D eigenvalue weighted by Crippen LogP contribution is 2.30. The molecule has 10 aromatic carbocycles. The lowest BCUT2D eigenvalue weighted by Gasteiger charge is -2.12. The van der Waals surface area contributed by atoms with Crippen LogP contribution in [-0.2, 0) is 188 Å². The summed E-state index contributed by atoms with van der Waals surface area (Å²) in [6.45, 7) is 3.22. The van der Waals surface area contributed by atoms with Crippen molar-refractivity contribution in [1.29, 1.82) is 0 Å². The third kappa shape index (κ3) is 41.9. The van der Waals surface area contributed by atoms with Crippen LogP contribution in [0.25, 0.3) is 22.3 Å². The first kappa shape index (κ1) is 129. The van der Waals surface area contributed by atoms with E-state index < -0.39 is 62.0 Å². The summed E-state index contributed by atoms with van der Waals surface area (Å²) in [4.78, 5) is 112. The van der Waals surface area contributed by atoms with E-state index in [1.54, 1.807) is 97.1 Å². The maximum atomic E-state index is 12.4. The van der Waals surface area contributed by atoms with Gasteiger partial charge in [0, 0.05) is 53.5 Å². The van der Waals surface area contributed by atoms with Crippen molar-refractivity contribution in [3.05, 3.63) is 368 Å². The van der Waals surface area contributed by atoms with E-state index in [4.69, 9.17) is 74.3 Å². The average Bonchev–Trinajstić information content (AvgIpc) is 0.820.